The Balaban J connectivity index is 2.12. The van der Waals surface area contributed by atoms with Gasteiger partial charge in [-0.2, -0.15) is 0 Å². The summed E-state index contributed by atoms with van der Waals surface area (Å²) in [7, 11) is 3.24. The Labute approximate surface area is 77.1 Å². The predicted octanol–water partition coefficient (Wildman–Crippen LogP) is 0.558. The van der Waals surface area contributed by atoms with Crippen LogP contribution >= 0.6 is 0 Å². The normalized spacial score (nSPS) is 36.0. The van der Waals surface area contributed by atoms with Gasteiger partial charge in [0.25, 0.3) is 0 Å². The monoisotopic (exact) mass is 186 g/mol. The molecule has 2 unspecified atom stereocenters. The first-order chi connectivity index (χ1) is 6.21. The smallest absolute Gasteiger partial charge is 0.309 e. The molecule has 0 aromatic heterocycles. The van der Waals surface area contributed by atoms with Gasteiger partial charge in [0.15, 0.2) is 5.79 Å². The molecule has 0 spiro atoms. The molecule has 4 nitrogen and oxygen atoms in total. The van der Waals surface area contributed by atoms with Crippen molar-refractivity contribution in [2.24, 2.45) is 11.8 Å². The van der Waals surface area contributed by atoms with Gasteiger partial charge in [0.2, 0.25) is 0 Å². The van der Waals surface area contributed by atoms with E-state index in [4.69, 9.17) is 14.2 Å². The fourth-order valence-corrected chi connectivity index (χ4v) is 2.29. The van der Waals surface area contributed by atoms with E-state index in [2.05, 4.69) is 0 Å². The van der Waals surface area contributed by atoms with E-state index in [1.54, 1.807) is 14.2 Å². The van der Waals surface area contributed by atoms with E-state index in [-0.39, 0.29) is 17.8 Å². The fourth-order valence-electron chi connectivity index (χ4n) is 2.29. The molecule has 1 heterocycles. The molecule has 0 aromatic rings. The van der Waals surface area contributed by atoms with E-state index >= 15 is 0 Å². The lowest BCUT2D eigenvalue weighted by molar-refractivity contribution is -0.207. The molecule has 74 valence electrons. The molecule has 2 fully saturated rings. The van der Waals surface area contributed by atoms with Gasteiger partial charge in [-0.3, -0.25) is 4.79 Å². The zero-order valence-corrected chi connectivity index (χ0v) is 7.91. The first-order valence-corrected chi connectivity index (χ1v) is 4.48. The van der Waals surface area contributed by atoms with Gasteiger partial charge in [-0.25, -0.2) is 0 Å². The number of esters is 1. The topological polar surface area (TPSA) is 44.8 Å². The number of hydrogen-bond acceptors (Lipinski definition) is 4. The fraction of sp³-hybridized carbons (Fsp3) is 0.889. The second-order valence-corrected chi connectivity index (χ2v) is 3.72. The van der Waals surface area contributed by atoms with Gasteiger partial charge in [0, 0.05) is 33.0 Å². The molecule has 1 saturated carbocycles. The van der Waals surface area contributed by atoms with Crippen LogP contribution in [0.4, 0.5) is 0 Å². The quantitative estimate of drug-likeness (QED) is 0.467. The Hall–Kier alpha value is -0.610. The van der Waals surface area contributed by atoms with Gasteiger partial charge in [-0.15, -0.1) is 0 Å². The first-order valence-electron chi connectivity index (χ1n) is 4.48. The van der Waals surface area contributed by atoms with Crippen molar-refractivity contribution >= 4 is 5.97 Å². The average Bonchev–Trinajstić information content (AvgIpc) is 2.67. The van der Waals surface area contributed by atoms with Crippen molar-refractivity contribution in [3.05, 3.63) is 0 Å². The maximum Gasteiger partial charge on any atom is 0.309 e. The summed E-state index contributed by atoms with van der Waals surface area (Å²) in [5.41, 5.74) is 0. The summed E-state index contributed by atoms with van der Waals surface area (Å²) < 4.78 is 15.6. The Bertz CT molecular complexity index is 222. The van der Waals surface area contributed by atoms with Gasteiger partial charge in [-0.05, 0) is 0 Å². The number of carbonyl (C=O) groups is 1. The molecule has 1 saturated heterocycles. The summed E-state index contributed by atoms with van der Waals surface area (Å²) in [6, 6.07) is 0. The van der Waals surface area contributed by atoms with E-state index in [0.717, 1.165) is 6.42 Å². The summed E-state index contributed by atoms with van der Waals surface area (Å²) in [6.07, 6.45) is 1.39. The molecule has 2 atom stereocenters. The van der Waals surface area contributed by atoms with Crippen LogP contribution in [0, 0.1) is 11.8 Å². The molecule has 2 aliphatic rings. The van der Waals surface area contributed by atoms with Gasteiger partial charge in [0.05, 0.1) is 12.5 Å². The average molecular weight is 186 g/mol. The highest BCUT2D eigenvalue weighted by molar-refractivity contribution is 5.75. The molecule has 1 aliphatic carbocycles. The van der Waals surface area contributed by atoms with Crippen LogP contribution in [0.15, 0.2) is 0 Å². The molecule has 0 bridgehead atoms. The molecular formula is C9H14O4. The van der Waals surface area contributed by atoms with Gasteiger partial charge in [-0.1, -0.05) is 0 Å². The van der Waals surface area contributed by atoms with Crippen LogP contribution in [-0.4, -0.2) is 32.6 Å². The van der Waals surface area contributed by atoms with Gasteiger partial charge in [0.1, 0.15) is 0 Å². The highest BCUT2D eigenvalue weighted by Gasteiger charge is 2.53. The minimum absolute atomic E-state index is 0.0140. The second kappa shape index (κ2) is 2.96. The van der Waals surface area contributed by atoms with Crippen LogP contribution in [0.5, 0.6) is 0 Å². The molecule has 0 aromatic carbocycles. The minimum atomic E-state index is -0.547. The number of methoxy groups -OCH3 is 2. The van der Waals surface area contributed by atoms with Crippen molar-refractivity contribution in [1.82, 2.24) is 0 Å². The molecule has 4 heteroatoms. The standard InChI is InChI=1S/C9H14O4/c1-11-9(12-2)3-6-5-13-8(10)7(6)4-9/h6-7H,3-5H2,1-2H3. The molecule has 0 amide bonds. The molecular weight excluding hydrogens is 172 g/mol. The zero-order chi connectivity index (χ0) is 9.47. The number of ether oxygens (including phenoxy) is 3. The summed E-state index contributed by atoms with van der Waals surface area (Å²) in [4.78, 5) is 11.2. The van der Waals surface area contributed by atoms with E-state index in [1.165, 1.54) is 0 Å². The molecule has 1 aliphatic heterocycles. The van der Waals surface area contributed by atoms with E-state index in [1.807, 2.05) is 0 Å². The Morgan fingerprint density at radius 3 is 2.62 bits per heavy atom. The van der Waals surface area contributed by atoms with Gasteiger partial charge >= 0.3 is 5.97 Å². The first kappa shape index (κ1) is 8.97. The van der Waals surface area contributed by atoms with E-state index < -0.39 is 5.79 Å². The SMILES string of the molecule is COC1(OC)CC2COC(=O)C2C1. The van der Waals surface area contributed by atoms with Crippen LogP contribution < -0.4 is 0 Å². The third-order valence-corrected chi connectivity index (χ3v) is 3.16. The van der Waals surface area contributed by atoms with E-state index in [0.29, 0.717) is 13.0 Å². The molecule has 0 N–H and O–H groups in total. The summed E-state index contributed by atoms with van der Waals surface area (Å²) in [5, 5.41) is 0. The summed E-state index contributed by atoms with van der Waals surface area (Å²) in [5.74, 6) is -0.373. The Morgan fingerprint density at radius 1 is 1.38 bits per heavy atom. The predicted molar refractivity (Wildman–Crippen MR) is 43.9 cm³/mol. The van der Waals surface area contributed by atoms with E-state index in [9.17, 15) is 4.79 Å². The maximum atomic E-state index is 11.2. The maximum absolute atomic E-state index is 11.2. The number of rotatable bonds is 2. The Morgan fingerprint density at radius 2 is 2.08 bits per heavy atom. The molecule has 0 radical (unpaired) electrons. The third-order valence-electron chi connectivity index (χ3n) is 3.16. The second-order valence-electron chi connectivity index (χ2n) is 3.72. The van der Waals surface area contributed by atoms with Crippen LogP contribution in [0.1, 0.15) is 12.8 Å². The van der Waals surface area contributed by atoms with Crippen LogP contribution in [0.25, 0.3) is 0 Å². The van der Waals surface area contributed by atoms with Crippen LogP contribution in [0.3, 0.4) is 0 Å². The summed E-state index contributed by atoms with van der Waals surface area (Å²) in [6.45, 7) is 0.526. The third kappa shape index (κ3) is 1.25. The number of fused-ring (bicyclic) bond motifs is 1. The highest BCUT2D eigenvalue weighted by Crippen LogP contribution is 2.45. The minimum Gasteiger partial charge on any atom is -0.465 e. The van der Waals surface area contributed by atoms with Gasteiger partial charge < -0.3 is 14.2 Å². The lowest BCUT2D eigenvalue weighted by atomic mass is 10.0. The molecule has 13 heavy (non-hydrogen) atoms. The van der Waals surface area contributed by atoms with Crippen LogP contribution in [0.2, 0.25) is 0 Å². The number of carbonyl (C=O) groups excluding carboxylic acids is 1. The van der Waals surface area contributed by atoms with Crippen molar-refractivity contribution in [3.8, 4) is 0 Å². The van der Waals surface area contributed by atoms with Crippen molar-refractivity contribution < 1.29 is 19.0 Å². The lowest BCUT2D eigenvalue weighted by Crippen LogP contribution is -2.31. The number of hydrogen-bond donors (Lipinski definition) is 0. The highest BCUT2D eigenvalue weighted by atomic mass is 16.7. The largest absolute Gasteiger partial charge is 0.465 e. The van der Waals surface area contributed by atoms with Crippen molar-refractivity contribution in [2.75, 3.05) is 20.8 Å². The van der Waals surface area contributed by atoms with Crippen molar-refractivity contribution in [3.63, 3.8) is 0 Å². The Kier molecular flexibility index (Phi) is 2.04. The zero-order valence-electron chi connectivity index (χ0n) is 7.91. The summed E-state index contributed by atoms with van der Waals surface area (Å²) >= 11 is 0. The number of cyclic esters (lactones) is 1. The van der Waals surface area contributed by atoms with Crippen LogP contribution in [-0.2, 0) is 19.0 Å². The van der Waals surface area contributed by atoms with Crippen molar-refractivity contribution in [2.45, 2.75) is 18.6 Å². The lowest BCUT2D eigenvalue weighted by Gasteiger charge is -2.26. The van der Waals surface area contributed by atoms with Crippen molar-refractivity contribution in [1.29, 1.82) is 0 Å². The molecule has 2 rings (SSSR count).